The number of nitrogens with two attached hydrogens (primary N) is 1. The third-order valence-corrected chi connectivity index (χ3v) is 3.88. The van der Waals surface area contributed by atoms with Crippen LogP contribution >= 0.6 is 0 Å². The minimum absolute atomic E-state index is 0.00141. The van der Waals surface area contributed by atoms with Gasteiger partial charge < -0.3 is 15.7 Å². The predicted molar refractivity (Wildman–Crippen MR) is 79.8 cm³/mol. The highest BCUT2D eigenvalue weighted by molar-refractivity contribution is 6.00. The Labute approximate surface area is 124 Å². The first kappa shape index (κ1) is 15.5. The smallest absolute Gasteiger partial charge is 0.244 e. The fourth-order valence-corrected chi connectivity index (χ4v) is 2.49. The third-order valence-electron chi connectivity index (χ3n) is 3.88. The van der Waals surface area contributed by atoms with Gasteiger partial charge in [0.05, 0.1) is 11.3 Å². The fraction of sp³-hybridized carbons (Fsp3) is 0.643. The second-order valence-electron chi connectivity index (χ2n) is 5.33. The lowest BCUT2D eigenvalue weighted by atomic mass is 10.1. The second-order valence-corrected chi connectivity index (χ2v) is 5.33. The van der Waals surface area contributed by atoms with E-state index in [0.717, 1.165) is 30.9 Å². The largest absolute Gasteiger partial charge is 0.475 e. The van der Waals surface area contributed by atoms with E-state index in [-0.39, 0.29) is 5.84 Å². The molecule has 1 saturated heterocycles. The summed E-state index contributed by atoms with van der Waals surface area (Å²) in [6, 6.07) is 0. The van der Waals surface area contributed by atoms with Crippen LogP contribution in [0.4, 0.5) is 0 Å². The molecular formula is C14H23N5O2. The van der Waals surface area contributed by atoms with Gasteiger partial charge in [0.2, 0.25) is 5.88 Å². The van der Waals surface area contributed by atoms with Gasteiger partial charge >= 0.3 is 0 Å². The Morgan fingerprint density at radius 1 is 1.29 bits per heavy atom. The Morgan fingerprint density at radius 2 is 2.00 bits per heavy atom. The molecule has 1 aliphatic rings. The molecule has 0 spiro atoms. The topological polar surface area (TPSA) is 96.9 Å². The molecule has 1 aromatic rings. The maximum absolute atomic E-state index is 8.91. The molecule has 0 bridgehead atoms. The van der Waals surface area contributed by atoms with Gasteiger partial charge in [-0.3, -0.25) is 4.90 Å². The van der Waals surface area contributed by atoms with Crippen molar-refractivity contribution in [2.24, 2.45) is 10.9 Å². The van der Waals surface area contributed by atoms with Gasteiger partial charge in [0.1, 0.15) is 6.61 Å². The van der Waals surface area contributed by atoms with Gasteiger partial charge in [-0.1, -0.05) is 11.6 Å². The summed E-state index contributed by atoms with van der Waals surface area (Å²) in [4.78, 5) is 2.38. The molecule has 116 valence electrons. The standard InChI is InChI=1S/C14H23N5O2/c1-10-11(2)16-17-14(12(10)13(15)18-20)21-9-8-19-6-4-3-5-7-19/h20H,3-9H2,1-2H3,(H2,15,18). The van der Waals surface area contributed by atoms with Crippen molar-refractivity contribution in [1.82, 2.24) is 15.1 Å². The third kappa shape index (κ3) is 3.81. The molecule has 1 aromatic heterocycles. The molecule has 0 aliphatic carbocycles. The lowest BCUT2D eigenvalue weighted by Gasteiger charge is -2.26. The number of aromatic nitrogens is 2. The number of hydrogen-bond donors (Lipinski definition) is 2. The number of hydrogen-bond acceptors (Lipinski definition) is 6. The van der Waals surface area contributed by atoms with Crippen molar-refractivity contribution < 1.29 is 9.94 Å². The van der Waals surface area contributed by atoms with Crippen LogP contribution < -0.4 is 10.5 Å². The van der Waals surface area contributed by atoms with Crippen LogP contribution in [0.2, 0.25) is 0 Å². The molecule has 0 unspecified atom stereocenters. The van der Waals surface area contributed by atoms with E-state index < -0.39 is 0 Å². The molecule has 3 N–H and O–H groups in total. The zero-order chi connectivity index (χ0) is 15.2. The van der Waals surface area contributed by atoms with Crippen LogP contribution in [0.25, 0.3) is 0 Å². The number of ether oxygens (including phenoxy) is 1. The molecule has 1 aliphatic heterocycles. The lowest BCUT2D eigenvalue weighted by Crippen LogP contribution is -2.33. The van der Waals surface area contributed by atoms with Crippen molar-refractivity contribution in [2.75, 3.05) is 26.2 Å². The molecule has 1 fully saturated rings. The Hall–Kier alpha value is -1.89. The maximum atomic E-state index is 8.91. The molecule has 2 rings (SSSR count). The Morgan fingerprint density at radius 3 is 2.67 bits per heavy atom. The number of oxime groups is 1. The zero-order valence-electron chi connectivity index (χ0n) is 12.7. The molecule has 0 amide bonds. The summed E-state index contributed by atoms with van der Waals surface area (Å²) in [6.45, 7) is 7.29. The Balaban J connectivity index is 2.03. The SMILES string of the molecule is Cc1nnc(OCCN2CCCCC2)c(/C(N)=N/O)c1C. The van der Waals surface area contributed by atoms with Crippen molar-refractivity contribution in [2.45, 2.75) is 33.1 Å². The summed E-state index contributed by atoms with van der Waals surface area (Å²) in [5.74, 6) is 0.323. The molecular weight excluding hydrogens is 270 g/mol. The van der Waals surface area contributed by atoms with E-state index in [1.54, 1.807) is 0 Å². The van der Waals surface area contributed by atoms with Gasteiger partial charge in [-0.25, -0.2) is 0 Å². The average Bonchev–Trinajstić information content (AvgIpc) is 2.51. The predicted octanol–water partition coefficient (Wildman–Crippen LogP) is 1.05. The van der Waals surface area contributed by atoms with Crippen LogP contribution in [-0.2, 0) is 0 Å². The number of piperidine rings is 1. The van der Waals surface area contributed by atoms with Gasteiger partial charge in [0.25, 0.3) is 0 Å². The number of nitrogens with zero attached hydrogens (tertiary/aromatic N) is 4. The summed E-state index contributed by atoms with van der Waals surface area (Å²) in [6.07, 6.45) is 3.81. The van der Waals surface area contributed by atoms with Crippen molar-refractivity contribution >= 4 is 5.84 Å². The normalized spacial score (nSPS) is 17.0. The Kier molecular flexibility index (Phi) is 5.32. The lowest BCUT2D eigenvalue weighted by molar-refractivity contribution is 0.179. The summed E-state index contributed by atoms with van der Waals surface area (Å²) >= 11 is 0. The molecule has 2 heterocycles. The molecule has 0 aromatic carbocycles. The van der Waals surface area contributed by atoms with Crippen molar-refractivity contribution in [3.05, 3.63) is 16.8 Å². The molecule has 0 atom stereocenters. The van der Waals surface area contributed by atoms with E-state index >= 15 is 0 Å². The minimum atomic E-state index is -0.00141. The quantitative estimate of drug-likeness (QED) is 0.364. The molecule has 7 nitrogen and oxygen atoms in total. The fourth-order valence-electron chi connectivity index (χ4n) is 2.49. The van der Waals surface area contributed by atoms with Crippen LogP contribution in [0.5, 0.6) is 5.88 Å². The van der Waals surface area contributed by atoms with Crippen molar-refractivity contribution in [3.63, 3.8) is 0 Å². The zero-order valence-corrected chi connectivity index (χ0v) is 12.7. The van der Waals surface area contributed by atoms with E-state index in [0.29, 0.717) is 18.1 Å². The van der Waals surface area contributed by atoms with E-state index in [2.05, 4.69) is 20.3 Å². The highest BCUT2D eigenvalue weighted by Crippen LogP contribution is 2.20. The number of rotatable bonds is 5. The second kappa shape index (κ2) is 7.21. The van der Waals surface area contributed by atoms with E-state index in [1.165, 1.54) is 19.3 Å². The van der Waals surface area contributed by atoms with E-state index in [4.69, 9.17) is 15.7 Å². The van der Waals surface area contributed by atoms with Gasteiger partial charge in [-0.15, -0.1) is 5.10 Å². The van der Waals surface area contributed by atoms with Crippen LogP contribution in [0, 0.1) is 13.8 Å². The summed E-state index contributed by atoms with van der Waals surface area (Å²) < 4.78 is 5.71. The number of aryl methyl sites for hydroxylation is 1. The first-order valence-electron chi connectivity index (χ1n) is 7.30. The molecule has 7 heteroatoms. The summed E-state index contributed by atoms with van der Waals surface area (Å²) in [5.41, 5.74) is 7.79. The molecule has 21 heavy (non-hydrogen) atoms. The Bertz CT molecular complexity index is 512. The van der Waals surface area contributed by atoms with E-state index in [1.807, 2.05) is 13.8 Å². The average molecular weight is 293 g/mol. The first-order chi connectivity index (χ1) is 10.1. The summed E-state index contributed by atoms with van der Waals surface area (Å²) in [5, 5.41) is 20.0. The van der Waals surface area contributed by atoms with Crippen LogP contribution in [0.1, 0.15) is 36.1 Å². The first-order valence-corrected chi connectivity index (χ1v) is 7.30. The number of likely N-dealkylation sites (tertiary alicyclic amines) is 1. The maximum Gasteiger partial charge on any atom is 0.244 e. The highest BCUT2D eigenvalue weighted by Gasteiger charge is 2.17. The van der Waals surface area contributed by atoms with Crippen molar-refractivity contribution in [1.29, 1.82) is 0 Å². The molecule has 0 saturated carbocycles. The highest BCUT2D eigenvalue weighted by atomic mass is 16.5. The van der Waals surface area contributed by atoms with Crippen LogP contribution in [-0.4, -0.2) is 52.4 Å². The van der Waals surface area contributed by atoms with Gasteiger partial charge in [-0.2, -0.15) is 5.10 Å². The summed E-state index contributed by atoms with van der Waals surface area (Å²) in [7, 11) is 0. The van der Waals surface area contributed by atoms with E-state index in [9.17, 15) is 0 Å². The van der Waals surface area contributed by atoms with Crippen LogP contribution in [0.15, 0.2) is 5.16 Å². The minimum Gasteiger partial charge on any atom is -0.475 e. The van der Waals surface area contributed by atoms with Gasteiger partial charge in [-0.05, 0) is 45.3 Å². The van der Waals surface area contributed by atoms with Gasteiger partial charge in [0, 0.05) is 6.54 Å². The molecule has 0 radical (unpaired) electrons. The van der Waals surface area contributed by atoms with Crippen LogP contribution in [0.3, 0.4) is 0 Å². The monoisotopic (exact) mass is 293 g/mol. The number of amidine groups is 1. The van der Waals surface area contributed by atoms with Crippen molar-refractivity contribution in [3.8, 4) is 5.88 Å². The van der Waals surface area contributed by atoms with Gasteiger partial charge in [0.15, 0.2) is 5.84 Å².